The fourth-order valence-corrected chi connectivity index (χ4v) is 4.58. The van der Waals surface area contributed by atoms with Crippen molar-refractivity contribution in [1.29, 1.82) is 0 Å². The Kier molecular flexibility index (Phi) is 3.78. The molecule has 0 bridgehead atoms. The maximum Gasteiger partial charge on any atom is 0.161 e. The number of rotatable bonds is 5. The monoisotopic (exact) mass is 307 g/mol. The normalized spacial score (nSPS) is 12.9. The standard InChI is InChI=1S/C14H17N3OS2/c1-4-15-13(14-9(18-3)8-16-17(14)2)12-7-11-10(20-12)5-6-19-11/h5-8,13,15H,4H2,1-3H3. The van der Waals surface area contributed by atoms with Gasteiger partial charge in [-0.2, -0.15) is 5.10 Å². The van der Waals surface area contributed by atoms with Gasteiger partial charge in [0.25, 0.3) is 0 Å². The molecule has 0 saturated carbocycles. The zero-order valence-electron chi connectivity index (χ0n) is 11.7. The summed E-state index contributed by atoms with van der Waals surface area (Å²) >= 11 is 3.61. The minimum Gasteiger partial charge on any atom is -0.493 e. The summed E-state index contributed by atoms with van der Waals surface area (Å²) < 4.78 is 10.0. The highest BCUT2D eigenvalue weighted by molar-refractivity contribution is 7.27. The smallest absolute Gasteiger partial charge is 0.161 e. The van der Waals surface area contributed by atoms with Gasteiger partial charge in [-0.15, -0.1) is 22.7 Å². The molecule has 0 aliphatic heterocycles. The molecule has 1 atom stereocenters. The molecular weight excluding hydrogens is 290 g/mol. The molecule has 3 rings (SSSR count). The van der Waals surface area contributed by atoms with E-state index in [0.29, 0.717) is 0 Å². The Labute approximate surface area is 126 Å². The first-order valence-corrected chi connectivity index (χ1v) is 8.20. The van der Waals surface area contributed by atoms with Crippen molar-refractivity contribution in [2.45, 2.75) is 13.0 Å². The van der Waals surface area contributed by atoms with Crippen LogP contribution < -0.4 is 10.1 Å². The molecule has 3 aromatic rings. The topological polar surface area (TPSA) is 39.1 Å². The quantitative estimate of drug-likeness (QED) is 0.785. The molecular formula is C14H17N3OS2. The van der Waals surface area contributed by atoms with E-state index in [1.807, 2.05) is 23.1 Å². The third-order valence-electron chi connectivity index (χ3n) is 3.29. The summed E-state index contributed by atoms with van der Waals surface area (Å²) in [5.74, 6) is 0.829. The van der Waals surface area contributed by atoms with Gasteiger partial charge in [0.05, 0.1) is 19.3 Å². The number of ether oxygens (including phenoxy) is 1. The summed E-state index contributed by atoms with van der Waals surface area (Å²) in [6, 6.07) is 4.56. The Hall–Kier alpha value is -1.37. The van der Waals surface area contributed by atoms with E-state index in [2.05, 4.69) is 34.9 Å². The minimum absolute atomic E-state index is 0.118. The Balaban J connectivity index is 2.08. The van der Waals surface area contributed by atoms with Crippen LogP contribution >= 0.6 is 22.7 Å². The fraction of sp³-hybridized carbons (Fsp3) is 0.357. The zero-order valence-corrected chi connectivity index (χ0v) is 13.3. The van der Waals surface area contributed by atoms with Crippen molar-refractivity contribution in [3.05, 3.63) is 34.3 Å². The molecule has 0 amide bonds. The summed E-state index contributed by atoms with van der Waals surface area (Å²) in [5, 5.41) is 10.00. The first-order chi connectivity index (χ1) is 9.74. The average molecular weight is 307 g/mol. The van der Waals surface area contributed by atoms with Crippen LogP contribution in [0.5, 0.6) is 5.75 Å². The van der Waals surface area contributed by atoms with Crippen molar-refractivity contribution in [2.24, 2.45) is 7.05 Å². The lowest BCUT2D eigenvalue weighted by Crippen LogP contribution is -2.24. The zero-order chi connectivity index (χ0) is 14.1. The Morgan fingerprint density at radius 2 is 2.30 bits per heavy atom. The molecule has 0 fully saturated rings. The number of nitrogens with one attached hydrogen (secondary N) is 1. The molecule has 0 radical (unpaired) electrons. The SMILES string of the molecule is CCNC(c1cc2sccc2s1)c1c(OC)cnn1C. The van der Waals surface area contributed by atoms with E-state index in [1.54, 1.807) is 24.6 Å². The van der Waals surface area contributed by atoms with Crippen LogP contribution in [0.2, 0.25) is 0 Å². The molecule has 1 N–H and O–H groups in total. The van der Waals surface area contributed by atoms with Gasteiger partial charge in [0.1, 0.15) is 5.69 Å². The molecule has 1 unspecified atom stereocenters. The number of fused-ring (bicyclic) bond motifs is 1. The van der Waals surface area contributed by atoms with Crippen molar-refractivity contribution in [3.63, 3.8) is 0 Å². The minimum atomic E-state index is 0.118. The van der Waals surface area contributed by atoms with Crippen LogP contribution in [0.1, 0.15) is 23.5 Å². The first kappa shape index (κ1) is 13.6. The van der Waals surface area contributed by atoms with Gasteiger partial charge in [-0.05, 0) is 24.1 Å². The Morgan fingerprint density at radius 1 is 1.45 bits per heavy atom. The molecule has 0 aliphatic rings. The Bertz CT molecular complexity index is 684. The maximum absolute atomic E-state index is 5.45. The lowest BCUT2D eigenvalue weighted by molar-refractivity contribution is 0.401. The van der Waals surface area contributed by atoms with Gasteiger partial charge in [-0.3, -0.25) is 4.68 Å². The van der Waals surface area contributed by atoms with Crippen molar-refractivity contribution < 1.29 is 4.74 Å². The van der Waals surface area contributed by atoms with Crippen LogP contribution in [0.4, 0.5) is 0 Å². The Morgan fingerprint density at radius 3 is 3.00 bits per heavy atom. The fourth-order valence-electron chi connectivity index (χ4n) is 2.38. The summed E-state index contributed by atoms with van der Waals surface area (Å²) in [5.41, 5.74) is 1.07. The lowest BCUT2D eigenvalue weighted by Gasteiger charge is -2.18. The number of nitrogens with zero attached hydrogens (tertiary/aromatic N) is 2. The number of aryl methyl sites for hydroxylation is 1. The molecule has 6 heteroatoms. The van der Waals surface area contributed by atoms with Crippen molar-refractivity contribution in [3.8, 4) is 5.75 Å². The van der Waals surface area contributed by atoms with Crippen LogP contribution in [0.15, 0.2) is 23.7 Å². The third-order valence-corrected chi connectivity index (χ3v) is 5.45. The molecule has 0 aliphatic carbocycles. The molecule has 3 heterocycles. The van der Waals surface area contributed by atoms with Crippen LogP contribution in [0.3, 0.4) is 0 Å². The van der Waals surface area contributed by atoms with Crippen molar-refractivity contribution >= 4 is 32.1 Å². The van der Waals surface area contributed by atoms with Gasteiger partial charge in [0, 0.05) is 21.3 Å². The van der Waals surface area contributed by atoms with E-state index in [9.17, 15) is 0 Å². The number of thiophene rings is 2. The highest BCUT2D eigenvalue weighted by Crippen LogP contribution is 2.38. The van der Waals surface area contributed by atoms with E-state index in [1.165, 1.54) is 14.3 Å². The van der Waals surface area contributed by atoms with Crippen LogP contribution in [-0.4, -0.2) is 23.4 Å². The van der Waals surface area contributed by atoms with Gasteiger partial charge >= 0.3 is 0 Å². The number of aromatic nitrogens is 2. The predicted molar refractivity (Wildman–Crippen MR) is 85.0 cm³/mol. The largest absolute Gasteiger partial charge is 0.493 e. The second kappa shape index (κ2) is 5.55. The third kappa shape index (κ3) is 2.24. The molecule has 106 valence electrons. The van der Waals surface area contributed by atoms with Gasteiger partial charge in [-0.1, -0.05) is 6.92 Å². The summed E-state index contributed by atoms with van der Waals surface area (Å²) in [6.07, 6.45) is 1.77. The van der Waals surface area contributed by atoms with E-state index < -0.39 is 0 Å². The summed E-state index contributed by atoms with van der Waals surface area (Å²) in [7, 11) is 3.65. The summed E-state index contributed by atoms with van der Waals surface area (Å²) in [6.45, 7) is 3.01. The average Bonchev–Trinajstić information content (AvgIpc) is 3.10. The predicted octanol–water partition coefficient (Wildman–Crippen LogP) is 3.40. The lowest BCUT2D eigenvalue weighted by atomic mass is 10.1. The molecule has 20 heavy (non-hydrogen) atoms. The second-order valence-corrected chi connectivity index (χ2v) is 6.57. The van der Waals surface area contributed by atoms with E-state index in [-0.39, 0.29) is 6.04 Å². The van der Waals surface area contributed by atoms with E-state index in [0.717, 1.165) is 18.0 Å². The highest BCUT2D eigenvalue weighted by atomic mass is 32.1. The number of hydrogen-bond acceptors (Lipinski definition) is 5. The second-order valence-electron chi connectivity index (χ2n) is 4.51. The van der Waals surface area contributed by atoms with Crippen LogP contribution in [-0.2, 0) is 7.05 Å². The number of methoxy groups -OCH3 is 1. The molecule has 0 saturated heterocycles. The van der Waals surface area contributed by atoms with E-state index >= 15 is 0 Å². The van der Waals surface area contributed by atoms with Gasteiger partial charge in [-0.25, -0.2) is 0 Å². The first-order valence-electron chi connectivity index (χ1n) is 6.50. The maximum atomic E-state index is 5.45. The molecule has 0 aromatic carbocycles. The van der Waals surface area contributed by atoms with Gasteiger partial charge in [0.15, 0.2) is 5.75 Å². The number of hydrogen-bond donors (Lipinski definition) is 1. The van der Waals surface area contributed by atoms with E-state index in [4.69, 9.17) is 4.74 Å². The summed E-state index contributed by atoms with van der Waals surface area (Å²) in [4.78, 5) is 1.30. The van der Waals surface area contributed by atoms with Crippen molar-refractivity contribution in [1.82, 2.24) is 15.1 Å². The van der Waals surface area contributed by atoms with Gasteiger partial charge < -0.3 is 10.1 Å². The molecule has 0 spiro atoms. The molecule has 3 aromatic heterocycles. The highest BCUT2D eigenvalue weighted by Gasteiger charge is 2.23. The molecule has 4 nitrogen and oxygen atoms in total. The van der Waals surface area contributed by atoms with Crippen LogP contribution in [0, 0.1) is 0 Å². The van der Waals surface area contributed by atoms with Gasteiger partial charge in [0.2, 0.25) is 0 Å². The van der Waals surface area contributed by atoms with Crippen molar-refractivity contribution in [2.75, 3.05) is 13.7 Å². The van der Waals surface area contributed by atoms with Crippen LogP contribution in [0.25, 0.3) is 9.40 Å².